The van der Waals surface area contributed by atoms with Gasteiger partial charge in [0.1, 0.15) is 0 Å². The Hall–Kier alpha value is -1.65. The number of halogens is 1. The fraction of sp³-hybridized carbons (Fsp3) is 0.316. The van der Waals surface area contributed by atoms with Gasteiger partial charge in [0, 0.05) is 19.6 Å². The summed E-state index contributed by atoms with van der Waals surface area (Å²) in [7, 11) is -3.64. The van der Waals surface area contributed by atoms with Gasteiger partial charge < -0.3 is 10.6 Å². The van der Waals surface area contributed by atoms with E-state index >= 15 is 0 Å². The van der Waals surface area contributed by atoms with Gasteiger partial charge in [-0.25, -0.2) is 13.6 Å². The molecule has 0 heterocycles. The summed E-state index contributed by atoms with van der Waals surface area (Å²) >= 11 is 0. The van der Waals surface area contributed by atoms with Crippen molar-refractivity contribution in [3.63, 3.8) is 0 Å². The molecule has 0 saturated carbocycles. The molecule has 2 aromatic carbocycles. The third-order valence-corrected chi connectivity index (χ3v) is 4.74. The number of primary sulfonamides is 1. The molecule has 0 spiro atoms. The molecule has 0 aliphatic carbocycles. The minimum atomic E-state index is -3.64. The van der Waals surface area contributed by atoms with Crippen molar-refractivity contribution in [1.82, 2.24) is 10.6 Å². The van der Waals surface area contributed by atoms with Crippen LogP contribution in [0.25, 0.3) is 0 Å². The van der Waals surface area contributed by atoms with Crippen LogP contribution < -0.4 is 15.8 Å². The summed E-state index contributed by atoms with van der Waals surface area (Å²) in [6.45, 7) is 4.23. The standard InChI is InChI=1S/C19H26N4O2S.HI/c1-2-21-19(22-14-12-16-6-4-3-5-7-16)23-15-13-17-8-10-18(11-9-17)26(20,24)25;/h3-11H,2,12-15H2,1H3,(H2,20,24,25)(H2,21,22,23);1H. The van der Waals surface area contributed by atoms with Gasteiger partial charge in [0.05, 0.1) is 4.90 Å². The molecule has 0 aliphatic heterocycles. The number of rotatable bonds is 8. The van der Waals surface area contributed by atoms with Gasteiger partial charge >= 0.3 is 0 Å². The van der Waals surface area contributed by atoms with Crippen molar-refractivity contribution in [3.8, 4) is 0 Å². The highest BCUT2D eigenvalue weighted by Gasteiger charge is 2.06. The molecule has 0 bridgehead atoms. The first-order valence-corrected chi connectivity index (χ1v) is 10.2. The largest absolute Gasteiger partial charge is 0.357 e. The maximum Gasteiger partial charge on any atom is 0.238 e. The molecule has 0 saturated heterocycles. The van der Waals surface area contributed by atoms with Crippen molar-refractivity contribution in [2.24, 2.45) is 10.1 Å². The van der Waals surface area contributed by atoms with Crippen LogP contribution >= 0.6 is 24.0 Å². The van der Waals surface area contributed by atoms with Crippen molar-refractivity contribution < 1.29 is 8.42 Å². The van der Waals surface area contributed by atoms with Crippen molar-refractivity contribution in [2.75, 3.05) is 19.6 Å². The third-order valence-electron chi connectivity index (χ3n) is 3.82. The SMILES string of the molecule is CCNC(=NCCc1ccc(S(N)(=O)=O)cc1)NCCc1ccccc1.I. The van der Waals surface area contributed by atoms with E-state index in [0.29, 0.717) is 6.54 Å². The highest BCUT2D eigenvalue weighted by molar-refractivity contribution is 14.0. The number of nitrogens with two attached hydrogens (primary N) is 1. The lowest BCUT2D eigenvalue weighted by Crippen LogP contribution is -2.38. The summed E-state index contributed by atoms with van der Waals surface area (Å²) < 4.78 is 22.5. The van der Waals surface area contributed by atoms with Crippen molar-refractivity contribution in [1.29, 1.82) is 0 Å². The van der Waals surface area contributed by atoms with Crippen LogP contribution in [0, 0.1) is 0 Å². The predicted molar refractivity (Wildman–Crippen MR) is 121 cm³/mol. The number of aliphatic imine (C=N–C) groups is 1. The normalized spacial score (nSPS) is 11.6. The smallest absolute Gasteiger partial charge is 0.238 e. The summed E-state index contributed by atoms with van der Waals surface area (Å²) in [4.78, 5) is 4.69. The van der Waals surface area contributed by atoms with Crippen molar-refractivity contribution in [2.45, 2.75) is 24.7 Å². The number of sulfonamides is 1. The fourth-order valence-electron chi connectivity index (χ4n) is 2.45. The van der Waals surface area contributed by atoms with Gasteiger partial charge in [-0.15, -0.1) is 24.0 Å². The highest BCUT2D eigenvalue weighted by Crippen LogP contribution is 2.09. The Kier molecular flexibility index (Phi) is 10.3. The zero-order valence-corrected chi connectivity index (χ0v) is 18.5. The van der Waals surface area contributed by atoms with Crippen LogP contribution in [0.15, 0.2) is 64.5 Å². The molecule has 0 radical (unpaired) electrons. The first-order chi connectivity index (χ1) is 12.5. The monoisotopic (exact) mass is 502 g/mol. The summed E-state index contributed by atoms with van der Waals surface area (Å²) in [6, 6.07) is 16.9. The Morgan fingerprint density at radius 2 is 1.59 bits per heavy atom. The molecule has 0 fully saturated rings. The third kappa shape index (κ3) is 8.72. The van der Waals surface area contributed by atoms with Gasteiger partial charge in [-0.05, 0) is 43.0 Å². The average Bonchev–Trinajstić information content (AvgIpc) is 2.62. The lowest BCUT2D eigenvalue weighted by Gasteiger charge is -2.11. The second-order valence-corrected chi connectivity index (χ2v) is 7.42. The molecule has 4 N–H and O–H groups in total. The average molecular weight is 502 g/mol. The predicted octanol–water partition coefficient (Wildman–Crippen LogP) is 2.29. The minimum Gasteiger partial charge on any atom is -0.357 e. The van der Waals surface area contributed by atoms with Crippen molar-refractivity contribution >= 4 is 40.0 Å². The van der Waals surface area contributed by atoms with E-state index < -0.39 is 10.0 Å². The molecule has 148 valence electrons. The number of guanidine groups is 1. The summed E-state index contributed by atoms with van der Waals surface area (Å²) in [5.41, 5.74) is 2.30. The Labute approximate surface area is 178 Å². The Bertz CT molecular complexity index is 809. The maximum absolute atomic E-state index is 11.3. The molecule has 6 nitrogen and oxygen atoms in total. The number of benzene rings is 2. The quantitative estimate of drug-likeness (QED) is 0.293. The molecule has 0 aliphatic rings. The van der Waals surface area contributed by atoms with Gasteiger partial charge in [0.2, 0.25) is 10.0 Å². The van der Waals surface area contributed by atoms with Gasteiger partial charge in [0.15, 0.2) is 5.96 Å². The van der Waals surface area contributed by atoms with E-state index in [1.54, 1.807) is 12.1 Å². The van der Waals surface area contributed by atoms with E-state index in [1.165, 1.54) is 17.7 Å². The summed E-state index contributed by atoms with van der Waals surface area (Å²) in [5.74, 6) is 0.782. The van der Waals surface area contributed by atoms with Crippen LogP contribution in [0.2, 0.25) is 0 Å². The summed E-state index contributed by atoms with van der Waals surface area (Å²) in [5, 5.41) is 11.7. The number of nitrogens with one attached hydrogen (secondary N) is 2. The van der Waals surface area contributed by atoms with E-state index in [1.807, 2.05) is 25.1 Å². The second kappa shape index (κ2) is 11.9. The molecule has 0 unspecified atom stereocenters. The first kappa shape index (κ1) is 23.4. The number of hydrogen-bond acceptors (Lipinski definition) is 3. The molecule has 2 aromatic rings. The fourth-order valence-corrected chi connectivity index (χ4v) is 2.97. The van der Waals surface area contributed by atoms with Crippen molar-refractivity contribution in [3.05, 3.63) is 65.7 Å². The minimum absolute atomic E-state index is 0. The molecule has 0 amide bonds. The Balaban J connectivity index is 0.00000364. The van der Waals surface area contributed by atoms with E-state index in [9.17, 15) is 8.42 Å². The van der Waals surface area contributed by atoms with Gasteiger partial charge in [-0.1, -0.05) is 42.5 Å². The lowest BCUT2D eigenvalue weighted by atomic mass is 10.1. The maximum atomic E-state index is 11.3. The topological polar surface area (TPSA) is 96.6 Å². The molecule has 2 rings (SSSR count). The van der Waals surface area contributed by atoms with Crippen LogP contribution in [-0.2, 0) is 22.9 Å². The van der Waals surface area contributed by atoms with E-state index in [2.05, 4.69) is 27.8 Å². The van der Waals surface area contributed by atoms with Crippen LogP contribution in [0.1, 0.15) is 18.1 Å². The molecular formula is C19H27IN4O2S. The number of nitrogens with zero attached hydrogens (tertiary/aromatic N) is 1. The summed E-state index contributed by atoms with van der Waals surface area (Å²) in [6.07, 6.45) is 1.65. The second-order valence-electron chi connectivity index (χ2n) is 5.86. The van der Waals surface area contributed by atoms with Crippen LogP contribution in [-0.4, -0.2) is 34.0 Å². The van der Waals surface area contributed by atoms with Gasteiger partial charge in [-0.3, -0.25) is 4.99 Å². The highest BCUT2D eigenvalue weighted by atomic mass is 127. The van der Waals surface area contributed by atoms with Crippen LogP contribution in [0.5, 0.6) is 0 Å². The number of hydrogen-bond donors (Lipinski definition) is 3. The van der Waals surface area contributed by atoms with Gasteiger partial charge in [0.25, 0.3) is 0 Å². The molecule has 8 heteroatoms. The molecule has 27 heavy (non-hydrogen) atoms. The van der Waals surface area contributed by atoms with E-state index in [-0.39, 0.29) is 28.9 Å². The zero-order valence-electron chi connectivity index (χ0n) is 15.4. The lowest BCUT2D eigenvalue weighted by molar-refractivity contribution is 0.598. The van der Waals surface area contributed by atoms with Crippen LogP contribution in [0.3, 0.4) is 0 Å². The van der Waals surface area contributed by atoms with Crippen LogP contribution in [0.4, 0.5) is 0 Å². The molecule has 0 aromatic heterocycles. The molecular weight excluding hydrogens is 475 g/mol. The van der Waals surface area contributed by atoms with Gasteiger partial charge in [-0.2, -0.15) is 0 Å². The Morgan fingerprint density at radius 3 is 2.19 bits per heavy atom. The Morgan fingerprint density at radius 1 is 0.963 bits per heavy atom. The van der Waals surface area contributed by atoms with E-state index in [0.717, 1.165) is 37.5 Å². The molecule has 0 atom stereocenters. The zero-order chi connectivity index (χ0) is 18.8. The van der Waals surface area contributed by atoms with E-state index in [4.69, 9.17) is 5.14 Å². The first-order valence-electron chi connectivity index (χ1n) is 8.67.